The third kappa shape index (κ3) is 3.50. The Hall–Kier alpha value is -2.44. The number of fused-ring (bicyclic) bond motifs is 1. The highest BCUT2D eigenvalue weighted by Crippen LogP contribution is 2.40. The van der Waals surface area contributed by atoms with Crippen molar-refractivity contribution >= 4 is 23.0 Å². The molecule has 0 unspecified atom stereocenters. The van der Waals surface area contributed by atoms with Crippen LogP contribution in [0.4, 0.5) is 0 Å². The van der Waals surface area contributed by atoms with Gasteiger partial charge in [-0.1, -0.05) is 32.3 Å². The van der Waals surface area contributed by atoms with E-state index in [1.807, 2.05) is 6.92 Å². The lowest BCUT2D eigenvalue weighted by Gasteiger charge is -2.18. The van der Waals surface area contributed by atoms with Crippen LogP contribution < -0.4 is 5.32 Å². The van der Waals surface area contributed by atoms with E-state index in [-0.39, 0.29) is 5.92 Å². The number of amides is 1. The maximum Gasteiger partial charge on any atom is 0.326 e. The Morgan fingerprint density at radius 3 is 2.68 bits per heavy atom. The van der Waals surface area contributed by atoms with Crippen molar-refractivity contribution in [2.75, 3.05) is 0 Å². The van der Waals surface area contributed by atoms with Gasteiger partial charge in [0.2, 0.25) is 0 Å². The molecule has 1 atom stereocenters. The molecule has 3 rings (SSSR count). The highest BCUT2D eigenvalue weighted by Gasteiger charge is 2.30. The summed E-state index contributed by atoms with van der Waals surface area (Å²) in [5, 5.41) is 16.6. The fourth-order valence-corrected chi connectivity index (χ4v) is 2.94. The Bertz CT molecular complexity index is 808. The number of carboxylic acid groups (broad SMARTS) is 1. The van der Waals surface area contributed by atoms with Crippen LogP contribution in [0.5, 0.6) is 0 Å². The van der Waals surface area contributed by atoms with Gasteiger partial charge in [0.15, 0.2) is 0 Å². The number of nitrogens with one attached hydrogen (secondary N) is 1. The number of carbonyl (C=O) groups is 2. The summed E-state index contributed by atoms with van der Waals surface area (Å²) < 4.78 is 5.35. The summed E-state index contributed by atoms with van der Waals surface area (Å²) in [6.07, 6.45) is 3.61. The van der Waals surface area contributed by atoms with Gasteiger partial charge in [0, 0.05) is 11.6 Å². The number of rotatable bonds is 7. The summed E-state index contributed by atoms with van der Waals surface area (Å²) in [7, 11) is 0. The average Bonchev–Trinajstić information content (AvgIpc) is 3.33. The normalized spacial score (nSPS) is 15.5. The number of aliphatic carboxylic acids is 1. The number of aromatic nitrogens is 2. The number of hydrogen-bond donors (Lipinski definition) is 2. The van der Waals surface area contributed by atoms with E-state index in [1.165, 1.54) is 0 Å². The van der Waals surface area contributed by atoms with E-state index in [1.54, 1.807) is 19.9 Å². The smallest absolute Gasteiger partial charge is 0.326 e. The molecular weight excluding hydrogens is 322 g/mol. The SMILES string of the molecule is CCCc1noc2nc(C3CC3)cc(C(=O)N[C@H](C(=O)O)C(C)C)c12. The summed E-state index contributed by atoms with van der Waals surface area (Å²) in [4.78, 5) is 28.8. The van der Waals surface area contributed by atoms with E-state index < -0.39 is 17.9 Å². The maximum atomic E-state index is 12.9. The molecule has 1 saturated carbocycles. The predicted octanol–water partition coefficient (Wildman–Crippen LogP) is 2.89. The summed E-state index contributed by atoms with van der Waals surface area (Å²) in [5.41, 5.74) is 2.26. The zero-order chi connectivity index (χ0) is 18.1. The molecule has 0 saturated heterocycles. The van der Waals surface area contributed by atoms with Gasteiger partial charge >= 0.3 is 5.97 Å². The Morgan fingerprint density at radius 2 is 2.12 bits per heavy atom. The molecule has 2 heterocycles. The molecule has 134 valence electrons. The van der Waals surface area contributed by atoms with Crippen LogP contribution in [-0.4, -0.2) is 33.2 Å². The lowest BCUT2D eigenvalue weighted by atomic mass is 10.0. The molecule has 1 aliphatic rings. The topological polar surface area (TPSA) is 105 Å². The van der Waals surface area contributed by atoms with Crippen LogP contribution in [0, 0.1) is 5.92 Å². The van der Waals surface area contributed by atoms with E-state index in [0.717, 1.165) is 25.0 Å². The Labute approximate surface area is 145 Å². The second-order valence-corrected chi connectivity index (χ2v) is 6.96. The molecule has 7 heteroatoms. The summed E-state index contributed by atoms with van der Waals surface area (Å²) in [5.74, 6) is -1.35. The molecule has 2 aromatic rings. The van der Waals surface area contributed by atoms with Crippen LogP contribution in [0.15, 0.2) is 10.6 Å². The number of carbonyl (C=O) groups excluding carboxylic acids is 1. The van der Waals surface area contributed by atoms with Crippen LogP contribution >= 0.6 is 0 Å². The average molecular weight is 345 g/mol. The largest absolute Gasteiger partial charge is 0.480 e. The third-order valence-electron chi connectivity index (χ3n) is 4.48. The molecule has 7 nitrogen and oxygen atoms in total. The van der Waals surface area contributed by atoms with E-state index >= 15 is 0 Å². The molecule has 25 heavy (non-hydrogen) atoms. The Morgan fingerprint density at radius 1 is 1.40 bits per heavy atom. The molecule has 0 aromatic carbocycles. The Kier molecular flexibility index (Phi) is 4.74. The first-order valence-corrected chi connectivity index (χ1v) is 8.75. The standard InChI is InChI=1S/C18H23N3O4/c1-4-5-12-14-11(16(22)20-15(9(2)3)18(23)24)8-13(10-6-7-10)19-17(14)25-21-12/h8-10,15H,4-7H2,1-3H3,(H,20,22)(H,23,24)/t15-/m0/s1. The second kappa shape index (κ2) is 6.82. The fraction of sp³-hybridized carbons (Fsp3) is 0.556. The van der Waals surface area contributed by atoms with Gasteiger partial charge in [0.05, 0.1) is 16.6 Å². The summed E-state index contributed by atoms with van der Waals surface area (Å²) >= 11 is 0. The first-order chi connectivity index (χ1) is 11.9. The van der Waals surface area contributed by atoms with Crippen LogP contribution in [0.3, 0.4) is 0 Å². The van der Waals surface area contributed by atoms with Crippen molar-refractivity contribution in [2.24, 2.45) is 5.92 Å². The van der Waals surface area contributed by atoms with Crippen molar-refractivity contribution < 1.29 is 19.2 Å². The van der Waals surface area contributed by atoms with Crippen molar-refractivity contribution in [3.05, 3.63) is 23.0 Å². The minimum atomic E-state index is -1.05. The van der Waals surface area contributed by atoms with Crippen LogP contribution in [-0.2, 0) is 11.2 Å². The van der Waals surface area contributed by atoms with Gasteiger partial charge in [-0.2, -0.15) is 0 Å². The molecule has 1 amide bonds. The lowest BCUT2D eigenvalue weighted by Crippen LogP contribution is -2.44. The highest BCUT2D eigenvalue weighted by atomic mass is 16.5. The minimum absolute atomic E-state index is 0.223. The van der Waals surface area contributed by atoms with Gasteiger partial charge in [-0.3, -0.25) is 4.79 Å². The van der Waals surface area contributed by atoms with Crippen molar-refractivity contribution in [3.63, 3.8) is 0 Å². The second-order valence-electron chi connectivity index (χ2n) is 6.96. The third-order valence-corrected chi connectivity index (χ3v) is 4.48. The number of aryl methyl sites for hydroxylation is 1. The monoisotopic (exact) mass is 345 g/mol. The van der Waals surface area contributed by atoms with Gasteiger partial charge in [-0.05, 0) is 31.2 Å². The predicted molar refractivity (Wildman–Crippen MR) is 91.5 cm³/mol. The molecule has 2 aromatic heterocycles. The first-order valence-electron chi connectivity index (χ1n) is 8.75. The maximum absolute atomic E-state index is 12.9. The lowest BCUT2D eigenvalue weighted by molar-refractivity contribution is -0.140. The van der Waals surface area contributed by atoms with Gasteiger partial charge in [0.25, 0.3) is 11.6 Å². The summed E-state index contributed by atoms with van der Waals surface area (Å²) in [6.45, 7) is 5.54. The van der Waals surface area contributed by atoms with Crippen molar-refractivity contribution in [1.82, 2.24) is 15.5 Å². The van der Waals surface area contributed by atoms with Gasteiger partial charge in [0.1, 0.15) is 6.04 Å². The zero-order valence-electron chi connectivity index (χ0n) is 14.7. The molecule has 0 spiro atoms. The van der Waals surface area contributed by atoms with Crippen molar-refractivity contribution in [3.8, 4) is 0 Å². The van der Waals surface area contributed by atoms with Crippen LogP contribution in [0.25, 0.3) is 11.1 Å². The fourth-order valence-electron chi connectivity index (χ4n) is 2.94. The first kappa shape index (κ1) is 17.4. The van der Waals surface area contributed by atoms with E-state index in [0.29, 0.717) is 34.7 Å². The van der Waals surface area contributed by atoms with E-state index in [2.05, 4.69) is 15.5 Å². The molecule has 0 radical (unpaired) electrons. The van der Waals surface area contributed by atoms with Gasteiger partial charge in [-0.25, -0.2) is 9.78 Å². The number of pyridine rings is 1. The van der Waals surface area contributed by atoms with Crippen molar-refractivity contribution in [2.45, 2.75) is 58.4 Å². The quantitative estimate of drug-likeness (QED) is 0.799. The molecule has 0 aliphatic heterocycles. The van der Waals surface area contributed by atoms with Gasteiger partial charge < -0.3 is 14.9 Å². The summed E-state index contributed by atoms with van der Waals surface area (Å²) in [6, 6.07) is 0.819. The number of nitrogens with zero attached hydrogens (tertiary/aromatic N) is 2. The molecule has 2 N–H and O–H groups in total. The van der Waals surface area contributed by atoms with E-state index in [4.69, 9.17) is 4.52 Å². The molecule has 1 aliphatic carbocycles. The van der Waals surface area contributed by atoms with Crippen LogP contribution in [0.1, 0.15) is 67.7 Å². The molecular formula is C18H23N3O4. The Balaban J connectivity index is 2.04. The number of hydrogen-bond acceptors (Lipinski definition) is 5. The molecule has 1 fully saturated rings. The van der Waals surface area contributed by atoms with Crippen LogP contribution in [0.2, 0.25) is 0 Å². The minimum Gasteiger partial charge on any atom is -0.480 e. The van der Waals surface area contributed by atoms with Crippen molar-refractivity contribution in [1.29, 1.82) is 0 Å². The zero-order valence-corrected chi connectivity index (χ0v) is 14.7. The molecule has 0 bridgehead atoms. The van der Waals surface area contributed by atoms with Gasteiger partial charge in [-0.15, -0.1) is 0 Å². The number of carboxylic acids is 1. The van der Waals surface area contributed by atoms with E-state index in [9.17, 15) is 14.7 Å². The highest BCUT2D eigenvalue weighted by molar-refractivity contribution is 6.07.